The minimum absolute atomic E-state index is 0.110. The second-order valence-corrected chi connectivity index (χ2v) is 3.85. The van der Waals surface area contributed by atoms with E-state index in [1.54, 1.807) is 12.1 Å². The molecule has 1 aromatic rings. The quantitative estimate of drug-likeness (QED) is 0.349. The third-order valence-corrected chi connectivity index (χ3v) is 2.41. The third-order valence-electron chi connectivity index (χ3n) is 2.41. The maximum absolute atomic E-state index is 11.5. The van der Waals surface area contributed by atoms with Crippen LogP contribution in [0.1, 0.15) is 35.7 Å². The molecular weight excluding hydrogens is 232 g/mol. The fourth-order valence-corrected chi connectivity index (χ4v) is 1.41. The Kier molecular flexibility index (Phi) is 5.17. The van der Waals surface area contributed by atoms with Crippen molar-refractivity contribution >= 4 is 11.8 Å². The highest BCUT2D eigenvalue weighted by Crippen LogP contribution is 2.18. The number of esters is 1. The van der Waals surface area contributed by atoms with Crippen LogP contribution in [-0.4, -0.2) is 25.5 Å². The van der Waals surface area contributed by atoms with Crippen molar-refractivity contribution in [3.63, 3.8) is 0 Å². The maximum atomic E-state index is 11.5. The van der Waals surface area contributed by atoms with Crippen LogP contribution in [-0.2, 0) is 4.74 Å². The number of hydrogen-bond acceptors (Lipinski definition) is 4. The molecule has 0 fully saturated rings. The highest BCUT2D eigenvalue weighted by Gasteiger charge is 2.10. The van der Waals surface area contributed by atoms with Crippen LogP contribution >= 0.6 is 0 Å². The Labute approximate surface area is 106 Å². The number of amidine groups is 1. The summed E-state index contributed by atoms with van der Waals surface area (Å²) in [6, 6.07) is 4.75. The number of methoxy groups -OCH3 is 1. The second kappa shape index (κ2) is 6.64. The van der Waals surface area contributed by atoms with Crippen LogP contribution in [0, 0.1) is 5.41 Å². The van der Waals surface area contributed by atoms with E-state index in [2.05, 4.69) is 11.7 Å². The Morgan fingerprint density at radius 1 is 1.33 bits per heavy atom. The zero-order valence-electron chi connectivity index (χ0n) is 10.7. The number of carbonyl (C=O) groups excluding carboxylic acids is 1. The number of ether oxygens (including phenoxy) is 2. The standard InChI is InChI=1S/C13H18N2O3/c1-3-4-5-18-11-7-9(12(14)15)6-10(8-11)13(16)17-2/h6-8H,3-5H2,1-2H3,(H3,14,15). The normalized spacial score (nSPS) is 9.89. The number of nitrogen functional groups attached to an aromatic ring is 1. The van der Waals surface area contributed by atoms with Crippen molar-refractivity contribution in [2.75, 3.05) is 13.7 Å². The van der Waals surface area contributed by atoms with E-state index < -0.39 is 5.97 Å². The molecule has 1 rings (SSSR count). The van der Waals surface area contributed by atoms with Gasteiger partial charge in [-0.3, -0.25) is 5.41 Å². The fraction of sp³-hybridized carbons (Fsp3) is 0.385. The molecule has 3 N–H and O–H groups in total. The molecule has 0 saturated carbocycles. The summed E-state index contributed by atoms with van der Waals surface area (Å²) in [6.45, 7) is 2.63. The summed E-state index contributed by atoms with van der Waals surface area (Å²) < 4.78 is 10.2. The van der Waals surface area contributed by atoms with E-state index in [9.17, 15) is 4.79 Å². The molecule has 0 spiro atoms. The molecular formula is C13H18N2O3. The van der Waals surface area contributed by atoms with Gasteiger partial charge in [-0.15, -0.1) is 0 Å². The van der Waals surface area contributed by atoms with Gasteiger partial charge in [0, 0.05) is 5.56 Å². The van der Waals surface area contributed by atoms with Crippen LogP contribution in [0.25, 0.3) is 0 Å². The first kappa shape index (κ1) is 14.0. The van der Waals surface area contributed by atoms with Gasteiger partial charge < -0.3 is 15.2 Å². The molecule has 18 heavy (non-hydrogen) atoms. The van der Waals surface area contributed by atoms with Crippen LogP contribution in [0.3, 0.4) is 0 Å². The monoisotopic (exact) mass is 250 g/mol. The smallest absolute Gasteiger partial charge is 0.338 e. The van der Waals surface area contributed by atoms with E-state index in [4.69, 9.17) is 15.9 Å². The SMILES string of the molecule is CCCCOc1cc(C(=N)N)cc(C(=O)OC)c1. The zero-order valence-corrected chi connectivity index (χ0v) is 10.7. The molecule has 0 unspecified atom stereocenters. The average molecular weight is 250 g/mol. The molecule has 0 bridgehead atoms. The third kappa shape index (κ3) is 3.76. The van der Waals surface area contributed by atoms with Gasteiger partial charge in [0.05, 0.1) is 19.3 Å². The highest BCUT2D eigenvalue weighted by molar-refractivity contribution is 5.99. The number of benzene rings is 1. The van der Waals surface area contributed by atoms with Crippen molar-refractivity contribution in [1.29, 1.82) is 5.41 Å². The Morgan fingerprint density at radius 3 is 2.56 bits per heavy atom. The molecule has 0 heterocycles. The summed E-state index contributed by atoms with van der Waals surface area (Å²) in [5.41, 5.74) is 6.20. The van der Waals surface area contributed by atoms with Gasteiger partial charge in [-0.1, -0.05) is 13.3 Å². The van der Waals surface area contributed by atoms with E-state index in [0.717, 1.165) is 12.8 Å². The van der Waals surface area contributed by atoms with E-state index in [1.807, 2.05) is 0 Å². The predicted molar refractivity (Wildman–Crippen MR) is 69.2 cm³/mol. The second-order valence-electron chi connectivity index (χ2n) is 3.85. The molecule has 0 saturated heterocycles. The van der Waals surface area contributed by atoms with Crippen molar-refractivity contribution in [2.24, 2.45) is 5.73 Å². The van der Waals surface area contributed by atoms with Gasteiger partial charge in [-0.2, -0.15) is 0 Å². The summed E-state index contributed by atoms with van der Waals surface area (Å²) >= 11 is 0. The van der Waals surface area contributed by atoms with Crippen molar-refractivity contribution in [2.45, 2.75) is 19.8 Å². The van der Waals surface area contributed by atoms with Crippen LogP contribution in [0.5, 0.6) is 5.75 Å². The van der Waals surface area contributed by atoms with Gasteiger partial charge in [0.2, 0.25) is 0 Å². The lowest BCUT2D eigenvalue weighted by Gasteiger charge is -2.09. The van der Waals surface area contributed by atoms with Crippen molar-refractivity contribution in [1.82, 2.24) is 0 Å². The minimum atomic E-state index is -0.474. The first-order chi connectivity index (χ1) is 8.58. The molecule has 0 aliphatic rings. The summed E-state index contributed by atoms with van der Waals surface area (Å²) in [5, 5.41) is 7.41. The topological polar surface area (TPSA) is 85.4 Å². The van der Waals surface area contributed by atoms with Gasteiger partial charge >= 0.3 is 5.97 Å². The number of nitrogens with two attached hydrogens (primary N) is 1. The lowest BCUT2D eigenvalue weighted by Crippen LogP contribution is -2.13. The van der Waals surface area contributed by atoms with Crippen LogP contribution in [0.2, 0.25) is 0 Å². The van der Waals surface area contributed by atoms with Gasteiger partial charge in [0.15, 0.2) is 0 Å². The molecule has 0 aliphatic carbocycles. The van der Waals surface area contributed by atoms with Crippen LogP contribution < -0.4 is 10.5 Å². The van der Waals surface area contributed by atoms with Crippen molar-refractivity contribution < 1.29 is 14.3 Å². The molecule has 5 heteroatoms. The van der Waals surface area contributed by atoms with E-state index in [1.165, 1.54) is 13.2 Å². The number of nitrogens with one attached hydrogen (secondary N) is 1. The largest absolute Gasteiger partial charge is 0.494 e. The van der Waals surface area contributed by atoms with E-state index >= 15 is 0 Å². The molecule has 5 nitrogen and oxygen atoms in total. The van der Waals surface area contributed by atoms with E-state index in [0.29, 0.717) is 23.5 Å². The first-order valence-electron chi connectivity index (χ1n) is 5.79. The van der Waals surface area contributed by atoms with Gasteiger partial charge in [0.25, 0.3) is 0 Å². The van der Waals surface area contributed by atoms with Crippen LogP contribution in [0.4, 0.5) is 0 Å². The van der Waals surface area contributed by atoms with Crippen molar-refractivity contribution in [3.8, 4) is 5.75 Å². The van der Waals surface area contributed by atoms with E-state index in [-0.39, 0.29) is 5.84 Å². The average Bonchev–Trinajstić information content (AvgIpc) is 2.37. The lowest BCUT2D eigenvalue weighted by atomic mass is 10.1. The summed E-state index contributed by atoms with van der Waals surface area (Å²) in [4.78, 5) is 11.5. The Morgan fingerprint density at radius 2 is 2.00 bits per heavy atom. The minimum Gasteiger partial charge on any atom is -0.494 e. The van der Waals surface area contributed by atoms with Gasteiger partial charge in [0.1, 0.15) is 11.6 Å². The first-order valence-corrected chi connectivity index (χ1v) is 5.79. The molecule has 0 aliphatic heterocycles. The Bertz CT molecular complexity index is 444. The number of hydrogen-bond donors (Lipinski definition) is 2. The van der Waals surface area contributed by atoms with Gasteiger partial charge in [-0.05, 0) is 24.6 Å². The molecule has 98 valence electrons. The fourth-order valence-electron chi connectivity index (χ4n) is 1.41. The molecule has 1 aromatic carbocycles. The highest BCUT2D eigenvalue weighted by atomic mass is 16.5. The molecule has 0 atom stereocenters. The predicted octanol–water partition coefficient (Wildman–Crippen LogP) is 1.94. The number of rotatable bonds is 6. The summed E-state index contributed by atoms with van der Waals surface area (Å²) in [7, 11) is 1.31. The number of carbonyl (C=O) groups is 1. The number of unbranched alkanes of at least 4 members (excludes halogenated alkanes) is 1. The van der Waals surface area contributed by atoms with Crippen molar-refractivity contribution in [3.05, 3.63) is 29.3 Å². The summed E-state index contributed by atoms with van der Waals surface area (Å²) in [5.74, 6) is -0.0592. The van der Waals surface area contributed by atoms with Crippen LogP contribution in [0.15, 0.2) is 18.2 Å². The van der Waals surface area contributed by atoms with Gasteiger partial charge in [-0.25, -0.2) is 4.79 Å². The zero-order chi connectivity index (χ0) is 13.5. The molecule has 0 aromatic heterocycles. The Balaban J connectivity index is 2.98. The lowest BCUT2D eigenvalue weighted by molar-refractivity contribution is 0.0600. The Hall–Kier alpha value is -2.04. The molecule has 0 radical (unpaired) electrons. The maximum Gasteiger partial charge on any atom is 0.338 e. The summed E-state index contributed by atoms with van der Waals surface area (Å²) in [6.07, 6.45) is 1.95. The molecule has 0 amide bonds.